The number of anilines is 2. The van der Waals surface area contributed by atoms with Crippen LogP contribution in [-0.2, 0) is 4.74 Å². The van der Waals surface area contributed by atoms with Crippen molar-refractivity contribution < 1.29 is 13.9 Å². The predicted molar refractivity (Wildman–Crippen MR) is 93.2 cm³/mol. The van der Waals surface area contributed by atoms with E-state index in [0.29, 0.717) is 5.02 Å². The number of carbonyl (C=O) groups excluding carboxylic acids is 1. The molecule has 0 aliphatic rings. The van der Waals surface area contributed by atoms with Crippen LogP contribution in [0.15, 0.2) is 30.5 Å². The normalized spacial score (nSPS) is 11.2. The summed E-state index contributed by atoms with van der Waals surface area (Å²) >= 11 is 6.30. The van der Waals surface area contributed by atoms with Crippen LogP contribution in [0, 0.1) is 5.82 Å². The maximum Gasteiger partial charge on any atom is 0.341 e. The van der Waals surface area contributed by atoms with Gasteiger partial charge in [0.1, 0.15) is 17.2 Å². The van der Waals surface area contributed by atoms with Gasteiger partial charge in [-0.25, -0.2) is 14.2 Å². The summed E-state index contributed by atoms with van der Waals surface area (Å²) in [6.45, 7) is 6.28. The van der Waals surface area contributed by atoms with E-state index in [1.54, 1.807) is 12.1 Å². The molecule has 0 saturated heterocycles. The zero-order chi connectivity index (χ0) is 17.2. The average molecular weight is 353 g/mol. The molecule has 0 fully saturated rings. The number of nitrogens with zero attached hydrogens (tertiary/aromatic N) is 1. The molecule has 1 N–H and O–H groups in total. The summed E-state index contributed by atoms with van der Waals surface area (Å²) in [5.41, 5.74) is 0.389. The number of esters is 1. The number of halogens is 2. The number of aromatic nitrogens is 1. The van der Waals surface area contributed by atoms with E-state index in [9.17, 15) is 9.18 Å². The molecule has 4 nitrogen and oxygen atoms in total. The lowest BCUT2D eigenvalue weighted by atomic mass is 10.2. The number of hydrogen-bond acceptors (Lipinski definition) is 4. The molecule has 0 atom stereocenters. The highest BCUT2D eigenvalue weighted by atomic mass is 35.5. The molecule has 7 heteroatoms. The first kappa shape index (κ1) is 17.4. The second kappa shape index (κ2) is 6.68. The highest BCUT2D eigenvalue weighted by Crippen LogP contribution is 2.25. The Hall–Kier alpha value is -1.92. The first-order chi connectivity index (χ1) is 10.7. The summed E-state index contributed by atoms with van der Waals surface area (Å²) < 4.78 is 19.1. The zero-order valence-electron chi connectivity index (χ0n) is 13.4. The van der Waals surface area contributed by atoms with Crippen molar-refractivity contribution in [3.8, 4) is 0 Å². The highest BCUT2D eigenvalue weighted by molar-refractivity contribution is 6.90. The number of hydrogen-bond donors (Lipinski definition) is 1. The van der Waals surface area contributed by atoms with E-state index in [-0.39, 0.29) is 17.1 Å². The van der Waals surface area contributed by atoms with Crippen LogP contribution in [0.1, 0.15) is 10.4 Å². The van der Waals surface area contributed by atoms with Crippen LogP contribution >= 0.6 is 11.6 Å². The van der Waals surface area contributed by atoms with Gasteiger partial charge >= 0.3 is 5.97 Å². The fraction of sp³-hybridized carbons (Fsp3) is 0.250. The summed E-state index contributed by atoms with van der Waals surface area (Å²) in [5.74, 6) is -0.769. The quantitative estimate of drug-likeness (QED) is 0.668. The number of carbonyl (C=O) groups is 1. The summed E-state index contributed by atoms with van der Waals surface area (Å²) in [5, 5.41) is 4.17. The molecule has 1 heterocycles. The third-order valence-corrected chi connectivity index (χ3v) is 5.83. The van der Waals surface area contributed by atoms with Crippen molar-refractivity contribution in [2.45, 2.75) is 19.6 Å². The van der Waals surface area contributed by atoms with Crippen molar-refractivity contribution in [2.24, 2.45) is 0 Å². The van der Waals surface area contributed by atoms with Crippen molar-refractivity contribution in [2.75, 3.05) is 12.4 Å². The van der Waals surface area contributed by atoms with E-state index in [1.807, 2.05) is 0 Å². The Kier molecular flexibility index (Phi) is 5.06. The minimum absolute atomic E-state index is 0.167. The molecule has 0 amide bonds. The molecule has 0 radical (unpaired) electrons. The Morgan fingerprint density at radius 2 is 2.04 bits per heavy atom. The summed E-state index contributed by atoms with van der Waals surface area (Å²) in [7, 11) is -0.471. The Balaban J connectivity index is 2.43. The molecule has 0 bridgehead atoms. The largest absolute Gasteiger partial charge is 0.465 e. The van der Waals surface area contributed by atoms with Crippen LogP contribution in [0.2, 0.25) is 24.7 Å². The first-order valence-corrected chi connectivity index (χ1v) is 10.9. The predicted octanol–water partition coefficient (Wildman–Crippen LogP) is 3.95. The third kappa shape index (κ3) is 3.89. The number of pyridine rings is 1. The lowest BCUT2D eigenvalue weighted by Gasteiger charge is -2.20. The molecule has 122 valence electrons. The Bertz CT molecular complexity index is 747. The SMILES string of the molecule is COC(=O)c1cccnc1Nc1cc(Cl)c([Si](C)(C)C)cc1F. The van der Waals surface area contributed by atoms with E-state index in [4.69, 9.17) is 16.3 Å². The molecule has 23 heavy (non-hydrogen) atoms. The van der Waals surface area contributed by atoms with Crippen molar-refractivity contribution in [1.29, 1.82) is 0 Å². The molecule has 0 saturated carbocycles. The zero-order valence-corrected chi connectivity index (χ0v) is 15.2. The molecule has 0 unspecified atom stereocenters. The Morgan fingerprint density at radius 1 is 1.35 bits per heavy atom. The van der Waals surface area contributed by atoms with Crippen LogP contribution < -0.4 is 10.5 Å². The minimum atomic E-state index is -1.75. The fourth-order valence-corrected chi connectivity index (χ4v) is 4.49. The van der Waals surface area contributed by atoms with Gasteiger partial charge in [0.05, 0.1) is 20.9 Å². The maximum atomic E-state index is 14.4. The van der Waals surface area contributed by atoms with Gasteiger partial charge in [-0.15, -0.1) is 0 Å². The summed E-state index contributed by atoms with van der Waals surface area (Å²) in [6, 6.07) is 6.14. The molecule has 2 rings (SSSR count). The van der Waals surface area contributed by atoms with Crippen LogP contribution in [0.25, 0.3) is 0 Å². The van der Waals surface area contributed by atoms with Crippen molar-refractivity contribution >= 4 is 42.3 Å². The molecule has 1 aromatic carbocycles. The van der Waals surface area contributed by atoms with Gasteiger partial charge < -0.3 is 10.1 Å². The van der Waals surface area contributed by atoms with Gasteiger partial charge in [-0.1, -0.05) is 31.2 Å². The smallest absolute Gasteiger partial charge is 0.341 e. The van der Waals surface area contributed by atoms with Gasteiger partial charge in [-0.3, -0.25) is 0 Å². The third-order valence-electron chi connectivity index (χ3n) is 3.33. The van der Waals surface area contributed by atoms with E-state index < -0.39 is 19.9 Å². The molecule has 0 aliphatic carbocycles. The monoisotopic (exact) mass is 352 g/mol. The van der Waals surface area contributed by atoms with Crippen molar-refractivity contribution in [3.05, 3.63) is 46.9 Å². The van der Waals surface area contributed by atoms with E-state index in [1.165, 1.54) is 25.4 Å². The number of nitrogens with one attached hydrogen (secondary N) is 1. The molecule has 0 aliphatic heterocycles. The van der Waals surface area contributed by atoms with Gasteiger partial charge in [0.2, 0.25) is 0 Å². The minimum Gasteiger partial charge on any atom is -0.465 e. The number of benzene rings is 1. The Morgan fingerprint density at radius 3 is 2.65 bits per heavy atom. The molecular weight excluding hydrogens is 335 g/mol. The van der Waals surface area contributed by atoms with E-state index in [2.05, 4.69) is 29.9 Å². The second-order valence-corrected chi connectivity index (χ2v) is 11.5. The van der Waals surface area contributed by atoms with Crippen LogP contribution in [0.5, 0.6) is 0 Å². The van der Waals surface area contributed by atoms with Crippen LogP contribution in [0.4, 0.5) is 15.9 Å². The Labute approximate surface area is 140 Å². The number of rotatable bonds is 4. The van der Waals surface area contributed by atoms with Crippen LogP contribution in [0.3, 0.4) is 0 Å². The van der Waals surface area contributed by atoms with Gasteiger partial charge in [0.25, 0.3) is 0 Å². The van der Waals surface area contributed by atoms with Gasteiger partial charge in [-0.05, 0) is 29.5 Å². The standard InChI is InChI=1S/C16H18ClFN2O2Si/c1-22-16(21)10-6-5-7-19-15(10)20-13-8-11(17)14(9-12(13)18)23(2,3)4/h5-9H,1-4H3,(H,19,20). The van der Waals surface area contributed by atoms with Gasteiger partial charge in [0, 0.05) is 11.2 Å². The average Bonchev–Trinajstić information content (AvgIpc) is 2.49. The van der Waals surface area contributed by atoms with Crippen LogP contribution in [-0.4, -0.2) is 26.1 Å². The lowest BCUT2D eigenvalue weighted by Crippen LogP contribution is -2.38. The summed E-state index contributed by atoms with van der Waals surface area (Å²) in [4.78, 5) is 15.8. The molecule has 0 spiro atoms. The summed E-state index contributed by atoms with van der Waals surface area (Å²) in [6.07, 6.45) is 1.50. The molecule has 1 aromatic heterocycles. The molecule has 2 aromatic rings. The van der Waals surface area contributed by atoms with Crippen molar-refractivity contribution in [3.63, 3.8) is 0 Å². The van der Waals surface area contributed by atoms with Crippen molar-refractivity contribution in [1.82, 2.24) is 4.98 Å². The fourth-order valence-electron chi connectivity index (χ4n) is 2.12. The van der Waals surface area contributed by atoms with Gasteiger partial charge in [-0.2, -0.15) is 0 Å². The lowest BCUT2D eigenvalue weighted by molar-refractivity contribution is 0.0601. The van der Waals surface area contributed by atoms with Gasteiger partial charge in [0.15, 0.2) is 0 Å². The second-order valence-electron chi connectivity index (χ2n) is 6.08. The van der Waals surface area contributed by atoms with E-state index in [0.717, 1.165) is 5.19 Å². The number of ether oxygens (including phenoxy) is 1. The van der Waals surface area contributed by atoms with E-state index >= 15 is 0 Å². The highest BCUT2D eigenvalue weighted by Gasteiger charge is 2.22. The first-order valence-electron chi connectivity index (χ1n) is 7.04. The number of methoxy groups -OCH3 is 1. The maximum absolute atomic E-state index is 14.4. The molecular formula is C16H18ClFN2O2Si. The topological polar surface area (TPSA) is 51.2 Å².